The molecule has 106 valence electrons. The first-order valence-corrected chi connectivity index (χ1v) is 6.28. The summed E-state index contributed by atoms with van der Waals surface area (Å²) in [4.78, 5) is 21.9. The number of aryl methyl sites for hydroxylation is 2. The minimum atomic E-state index is -0.710. The first kappa shape index (κ1) is 15.0. The third kappa shape index (κ3) is 4.27. The Kier molecular flexibility index (Phi) is 5.35. The molecule has 4 N–H and O–H groups in total. The van der Waals surface area contributed by atoms with Crippen LogP contribution in [0.3, 0.4) is 0 Å². The van der Waals surface area contributed by atoms with Gasteiger partial charge in [-0.1, -0.05) is 6.92 Å². The van der Waals surface area contributed by atoms with Crippen LogP contribution in [-0.4, -0.2) is 28.3 Å². The van der Waals surface area contributed by atoms with E-state index in [-0.39, 0.29) is 12.5 Å². The maximum Gasteiger partial charge on any atom is 0.312 e. The van der Waals surface area contributed by atoms with E-state index in [2.05, 4.69) is 22.7 Å². The lowest BCUT2D eigenvalue weighted by atomic mass is 10.2. The Morgan fingerprint density at radius 2 is 2.00 bits per heavy atom. The Labute approximate surface area is 112 Å². The van der Waals surface area contributed by atoms with E-state index in [4.69, 9.17) is 5.73 Å². The Balaban J connectivity index is 2.57. The Hall–Kier alpha value is -2.05. The maximum atomic E-state index is 11.5. The average Bonchev–Trinajstić information content (AvgIpc) is 2.60. The summed E-state index contributed by atoms with van der Waals surface area (Å²) >= 11 is 0. The highest BCUT2D eigenvalue weighted by molar-refractivity contribution is 5.83. The summed E-state index contributed by atoms with van der Waals surface area (Å²) in [6.07, 6.45) is 1.01. The number of carbonyl (C=O) groups excluding carboxylic acids is 2. The fourth-order valence-corrected chi connectivity index (χ4v) is 1.84. The number of amides is 3. The summed E-state index contributed by atoms with van der Waals surface area (Å²) in [7, 11) is 0. The van der Waals surface area contributed by atoms with Crippen molar-refractivity contribution in [3.8, 4) is 0 Å². The number of carbonyl (C=O) groups is 2. The van der Waals surface area contributed by atoms with Gasteiger partial charge in [0.25, 0.3) is 0 Å². The third-order valence-electron chi connectivity index (χ3n) is 2.85. The average molecular weight is 267 g/mol. The lowest BCUT2D eigenvalue weighted by Crippen LogP contribution is -2.39. The number of urea groups is 1. The van der Waals surface area contributed by atoms with Crippen molar-refractivity contribution in [1.29, 1.82) is 0 Å². The van der Waals surface area contributed by atoms with Gasteiger partial charge < -0.3 is 16.4 Å². The molecule has 3 amide bonds. The van der Waals surface area contributed by atoms with Gasteiger partial charge in [-0.15, -0.1) is 0 Å². The molecule has 0 saturated carbocycles. The molecule has 0 spiro atoms. The van der Waals surface area contributed by atoms with Crippen molar-refractivity contribution >= 4 is 11.9 Å². The molecule has 7 nitrogen and oxygen atoms in total. The van der Waals surface area contributed by atoms with Gasteiger partial charge in [0, 0.05) is 24.3 Å². The van der Waals surface area contributed by atoms with Crippen molar-refractivity contribution in [3.63, 3.8) is 0 Å². The normalized spacial score (nSPS) is 10.3. The maximum absolute atomic E-state index is 11.5. The molecule has 1 aromatic heterocycles. The number of hydrogen-bond acceptors (Lipinski definition) is 3. The predicted octanol–water partition coefficient (Wildman–Crippen LogP) is 0.194. The fourth-order valence-electron chi connectivity index (χ4n) is 1.84. The number of rotatable bonds is 6. The van der Waals surface area contributed by atoms with Crippen molar-refractivity contribution in [2.45, 2.75) is 40.3 Å². The number of nitrogens with zero attached hydrogens (tertiary/aromatic N) is 2. The molecule has 0 bridgehead atoms. The van der Waals surface area contributed by atoms with Crippen LogP contribution in [0.5, 0.6) is 0 Å². The van der Waals surface area contributed by atoms with Crippen LogP contribution >= 0.6 is 0 Å². The van der Waals surface area contributed by atoms with Gasteiger partial charge in [0.05, 0.1) is 12.2 Å². The zero-order valence-corrected chi connectivity index (χ0v) is 11.6. The molecule has 19 heavy (non-hydrogen) atoms. The Bertz CT molecular complexity index is 467. The van der Waals surface area contributed by atoms with E-state index in [1.54, 1.807) is 0 Å². The number of hydrogen-bond donors (Lipinski definition) is 3. The van der Waals surface area contributed by atoms with E-state index in [1.165, 1.54) is 0 Å². The fraction of sp³-hybridized carbons (Fsp3) is 0.583. The van der Waals surface area contributed by atoms with Gasteiger partial charge in [0.2, 0.25) is 5.91 Å². The zero-order chi connectivity index (χ0) is 14.4. The summed E-state index contributed by atoms with van der Waals surface area (Å²) in [5.41, 5.74) is 7.87. The second kappa shape index (κ2) is 6.77. The van der Waals surface area contributed by atoms with E-state index >= 15 is 0 Å². The quantitative estimate of drug-likeness (QED) is 0.685. The first-order chi connectivity index (χ1) is 8.95. The summed E-state index contributed by atoms with van der Waals surface area (Å²) in [6, 6.07) is -0.710. The van der Waals surface area contributed by atoms with E-state index in [0.29, 0.717) is 6.54 Å². The Morgan fingerprint density at radius 3 is 2.58 bits per heavy atom. The monoisotopic (exact) mass is 267 g/mol. The second-order valence-electron chi connectivity index (χ2n) is 4.37. The molecule has 0 atom stereocenters. The number of nitrogens with two attached hydrogens (primary N) is 1. The van der Waals surface area contributed by atoms with Crippen LogP contribution < -0.4 is 16.4 Å². The molecule has 7 heteroatoms. The molecule has 1 rings (SSSR count). The van der Waals surface area contributed by atoms with Crippen molar-refractivity contribution in [3.05, 3.63) is 17.0 Å². The molecule has 0 saturated heterocycles. The van der Waals surface area contributed by atoms with E-state index < -0.39 is 6.03 Å². The smallest absolute Gasteiger partial charge is 0.312 e. The van der Waals surface area contributed by atoms with Crippen molar-refractivity contribution in [2.75, 3.05) is 6.54 Å². The van der Waals surface area contributed by atoms with Gasteiger partial charge in [-0.2, -0.15) is 5.10 Å². The van der Waals surface area contributed by atoms with Gasteiger partial charge in [0.15, 0.2) is 0 Å². The first-order valence-electron chi connectivity index (χ1n) is 6.28. The lowest BCUT2D eigenvalue weighted by Gasteiger charge is -2.06. The van der Waals surface area contributed by atoms with Crippen LogP contribution in [-0.2, 0) is 17.9 Å². The molecule has 1 heterocycles. The van der Waals surface area contributed by atoms with Crippen LogP contribution in [0, 0.1) is 13.8 Å². The van der Waals surface area contributed by atoms with E-state index in [9.17, 15) is 9.59 Å². The number of aromatic nitrogens is 2. The minimum absolute atomic E-state index is 0.115. The van der Waals surface area contributed by atoms with Gasteiger partial charge in [-0.05, 0) is 20.3 Å². The van der Waals surface area contributed by atoms with Gasteiger partial charge in [-0.3, -0.25) is 9.48 Å². The minimum Gasteiger partial charge on any atom is -0.352 e. The van der Waals surface area contributed by atoms with Crippen LogP contribution in [0.25, 0.3) is 0 Å². The van der Waals surface area contributed by atoms with E-state index in [1.807, 2.05) is 18.5 Å². The van der Waals surface area contributed by atoms with Gasteiger partial charge in [-0.25, -0.2) is 4.79 Å². The molecule has 0 unspecified atom stereocenters. The molecular formula is C12H21N5O2. The van der Waals surface area contributed by atoms with Crippen molar-refractivity contribution < 1.29 is 9.59 Å². The second-order valence-corrected chi connectivity index (χ2v) is 4.37. The van der Waals surface area contributed by atoms with Crippen LogP contribution in [0.1, 0.15) is 30.3 Å². The van der Waals surface area contributed by atoms with E-state index in [0.717, 1.165) is 29.9 Å². The highest BCUT2D eigenvalue weighted by Gasteiger charge is 2.12. The summed E-state index contributed by atoms with van der Waals surface area (Å²) in [5, 5.41) is 9.40. The van der Waals surface area contributed by atoms with Gasteiger partial charge in [0.1, 0.15) is 0 Å². The predicted molar refractivity (Wildman–Crippen MR) is 71.4 cm³/mol. The summed E-state index contributed by atoms with van der Waals surface area (Å²) < 4.78 is 1.94. The van der Waals surface area contributed by atoms with Crippen LogP contribution in [0.15, 0.2) is 0 Å². The zero-order valence-electron chi connectivity index (χ0n) is 11.6. The highest BCUT2D eigenvalue weighted by atomic mass is 16.2. The lowest BCUT2D eigenvalue weighted by molar-refractivity contribution is -0.120. The van der Waals surface area contributed by atoms with Crippen LogP contribution in [0.4, 0.5) is 4.79 Å². The number of primary amides is 1. The topological polar surface area (TPSA) is 102 Å². The SMILES string of the molecule is CCCn1nc(C)c(CNC(=O)CNC(N)=O)c1C. The van der Waals surface area contributed by atoms with Crippen LogP contribution in [0.2, 0.25) is 0 Å². The molecular weight excluding hydrogens is 246 g/mol. The number of nitrogens with one attached hydrogen (secondary N) is 2. The molecule has 0 fully saturated rings. The largest absolute Gasteiger partial charge is 0.352 e. The molecule has 0 aliphatic carbocycles. The Morgan fingerprint density at radius 1 is 1.32 bits per heavy atom. The molecule has 0 aromatic carbocycles. The van der Waals surface area contributed by atoms with Crippen molar-refractivity contribution in [2.24, 2.45) is 5.73 Å². The third-order valence-corrected chi connectivity index (χ3v) is 2.85. The van der Waals surface area contributed by atoms with Gasteiger partial charge >= 0.3 is 6.03 Å². The molecule has 0 radical (unpaired) electrons. The summed E-state index contributed by atoms with van der Waals surface area (Å²) in [5.74, 6) is -0.277. The highest BCUT2D eigenvalue weighted by Crippen LogP contribution is 2.12. The molecule has 0 aliphatic heterocycles. The summed E-state index contributed by atoms with van der Waals surface area (Å²) in [6.45, 7) is 7.15. The molecule has 0 aliphatic rings. The molecule has 1 aromatic rings. The standard InChI is InChI=1S/C12H21N5O2/c1-4-5-17-9(3)10(8(2)16-17)6-14-11(18)7-15-12(13)19/h4-7H2,1-3H3,(H,14,18)(H3,13,15,19). The van der Waals surface area contributed by atoms with Crippen molar-refractivity contribution in [1.82, 2.24) is 20.4 Å².